The maximum Gasteiger partial charge on any atom is 0.328 e. The average Bonchev–Trinajstić information content (AvgIpc) is 3.29. The maximum atomic E-state index is 13.3. The summed E-state index contributed by atoms with van der Waals surface area (Å²) in [6.07, 6.45) is 1.08. The number of amides is 3. The number of H-pyrrole nitrogens is 1. The van der Waals surface area contributed by atoms with Gasteiger partial charge in [-0.15, -0.1) is 0 Å². The van der Waals surface area contributed by atoms with Gasteiger partial charge in [-0.2, -0.15) is 0 Å². The Morgan fingerprint density at radius 1 is 0.975 bits per heavy atom. The number of carbonyl (C=O) groups excluding carboxylic acids is 3. The number of aliphatic carboxylic acids is 1. The molecule has 0 saturated carbocycles. The first-order chi connectivity index (χ1) is 18.8. The fourth-order valence-corrected chi connectivity index (χ4v) is 4.10. The van der Waals surface area contributed by atoms with E-state index in [1.165, 1.54) is 6.92 Å². The van der Waals surface area contributed by atoms with Crippen LogP contribution in [0.2, 0.25) is 0 Å². The number of aromatic nitrogens is 1. The molecule has 2 aromatic rings. The molecule has 14 nitrogen and oxygen atoms in total. The number of carboxylic acid groups (broad SMARTS) is 1. The van der Waals surface area contributed by atoms with Gasteiger partial charge >= 0.3 is 5.97 Å². The predicted octanol–water partition coefficient (Wildman–Crippen LogP) is -1.33. The van der Waals surface area contributed by atoms with Crippen LogP contribution in [-0.4, -0.2) is 81.7 Å². The lowest BCUT2D eigenvalue weighted by molar-refractivity contribution is -0.145. The molecule has 0 bridgehead atoms. The number of aliphatic imine (C=N–C) groups is 1. The Hall–Kier alpha value is -4.17. The SMILES string of the molecule is CC(C)C(NC(=O)C(CCCN=C(N)N)NC(=O)C(N)Cc1c[nH]c2ccccc12)C(=O)NC(C(=O)O)C(C)O. The number of fused-ring (bicyclic) bond motifs is 1. The third-order valence-corrected chi connectivity index (χ3v) is 6.32. The zero-order valence-corrected chi connectivity index (χ0v) is 22.9. The van der Waals surface area contributed by atoms with E-state index in [0.29, 0.717) is 6.42 Å². The summed E-state index contributed by atoms with van der Waals surface area (Å²) in [4.78, 5) is 57.6. The van der Waals surface area contributed by atoms with Crippen molar-refractivity contribution >= 4 is 40.6 Å². The van der Waals surface area contributed by atoms with Crippen LogP contribution in [0.3, 0.4) is 0 Å². The topological polar surface area (TPSA) is 251 Å². The molecule has 220 valence electrons. The number of carbonyl (C=O) groups is 4. The highest BCUT2D eigenvalue weighted by Gasteiger charge is 2.33. The van der Waals surface area contributed by atoms with Crippen LogP contribution >= 0.6 is 0 Å². The predicted molar refractivity (Wildman–Crippen MR) is 150 cm³/mol. The summed E-state index contributed by atoms with van der Waals surface area (Å²) < 4.78 is 0. The summed E-state index contributed by atoms with van der Waals surface area (Å²) in [7, 11) is 0. The Morgan fingerprint density at radius 2 is 1.62 bits per heavy atom. The van der Waals surface area contributed by atoms with Crippen LogP contribution in [0.25, 0.3) is 10.9 Å². The molecule has 1 aromatic heterocycles. The fraction of sp³-hybridized carbons (Fsp3) is 0.500. The second kappa shape index (κ2) is 14.8. The summed E-state index contributed by atoms with van der Waals surface area (Å²) in [5, 5.41) is 27.4. The largest absolute Gasteiger partial charge is 0.480 e. The summed E-state index contributed by atoms with van der Waals surface area (Å²) in [5.74, 6) is -4.03. The first-order valence-electron chi connectivity index (χ1n) is 13.0. The molecule has 3 amide bonds. The number of nitrogens with two attached hydrogens (primary N) is 3. The molecule has 0 saturated heterocycles. The molecule has 1 aromatic carbocycles. The van der Waals surface area contributed by atoms with Crippen LogP contribution in [0.15, 0.2) is 35.5 Å². The van der Waals surface area contributed by atoms with Crippen molar-refractivity contribution in [3.8, 4) is 0 Å². The molecule has 0 aliphatic heterocycles. The third kappa shape index (κ3) is 9.24. The Bertz CT molecular complexity index is 1210. The number of benzene rings is 1. The molecule has 0 aliphatic carbocycles. The van der Waals surface area contributed by atoms with Crippen LogP contribution in [0.4, 0.5) is 0 Å². The number of aliphatic hydroxyl groups is 1. The highest BCUT2D eigenvalue weighted by Crippen LogP contribution is 2.19. The molecular formula is C26H40N8O6. The molecule has 0 fully saturated rings. The lowest BCUT2D eigenvalue weighted by Crippen LogP contribution is -2.59. The second-order valence-corrected chi connectivity index (χ2v) is 9.98. The number of hydrogen-bond donors (Lipinski definition) is 9. The van der Waals surface area contributed by atoms with Gasteiger partial charge in [0.05, 0.1) is 12.1 Å². The van der Waals surface area contributed by atoms with Crippen LogP contribution < -0.4 is 33.2 Å². The van der Waals surface area contributed by atoms with Gasteiger partial charge in [0, 0.05) is 23.6 Å². The fourth-order valence-electron chi connectivity index (χ4n) is 4.10. The van der Waals surface area contributed by atoms with E-state index in [-0.39, 0.29) is 25.3 Å². The summed E-state index contributed by atoms with van der Waals surface area (Å²) in [6, 6.07) is 2.81. The minimum Gasteiger partial charge on any atom is -0.480 e. The number of guanidine groups is 1. The quantitative estimate of drug-likeness (QED) is 0.0709. The van der Waals surface area contributed by atoms with Gasteiger partial charge in [-0.1, -0.05) is 32.0 Å². The standard InChI is InChI=1S/C26H40N8O6/c1-13(2)20(24(38)34-21(14(3)35)25(39)40)33-23(37)19(9-6-10-30-26(28)29)32-22(36)17(27)11-15-12-31-18-8-5-4-7-16(15)18/h4-5,7-8,12-14,17,19-21,31,35H,6,9-11,27H2,1-3H3,(H,32,36)(H,33,37)(H,34,38)(H,39,40)(H4,28,29,30). The van der Waals surface area contributed by atoms with Crippen molar-refractivity contribution in [3.05, 3.63) is 36.0 Å². The molecular weight excluding hydrogens is 520 g/mol. The van der Waals surface area contributed by atoms with Gasteiger partial charge < -0.3 is 48.3 Å². The Balaban J connectivity index is 2.16. The van der Waals surface area contributed by atoms with E-state index >= 15 is 0 Å². The lowest BCUT2D eigenvalue weighted by atomic mass is 10.0. The third-order valence-electron chi connectivity index (χ3n) is 6.32. The number of hydrogen-bond acceptors (Lipinski definition) is 7. The van der Waals surface area contributed by atoms with Crippen molar-refractivity contribution in [2.24, 2.45) is 28.1 Å². The number of aromatic amines is 1. The highest BCUT2D eigenvalue weighted by molar-refractivity contribution is 5.94. The number of para-hydroxylation sites is 1. The van der Waals surface area contributed by atoms with E-state index in [4.69, 9.17) is 17.2 Å². The smallest absolute Gasteiger partial charge is 0.328 e. The van der Waals surface area contributed by atoms with Crippen LogP contribution in [0, 0.1) is 5.92 Å². The van der Waals surface area contributed by atoms with Crippen molar-refractivity contribution in [2.45, 2.75) is 70.3 Å². The van der Waals surface area contributed by atoms with Crippen LogP contribution in [0.1, 0.15) is 39.2 Å². The second-order valence-electron chi connectivity index (χ2n) is 9.98. The number of nitrogens with one attached hydrogen (secondary N) is 4. The first kappa shape index (κ1) is 32.0. The molecule has 0 radical (unpaired) electrons. The molecule has 5 atom stereocenters. The monoisotopic (exact) mass is 560 g/mol. The van der Waals surface area contributed by atoms with E-state index in [9.17, 15) is 29.4 Å². The molecule has 12 N–H and O–H groups in total. The molecule has 0 aliphatic rings. The molecule has 40 heavy (non-hydrogen) atoms. The van der Waals surface area contributed by atoms with Gasteiger partial charge in [-0.3, -0.25) is 19.4 Å². The maximum absolute atomic E-state index is 13.3. The number of nitrogens with zero attached hydrogens (tertiary/aromatic N) is 1. The van der Waals surface area contributed by atoms with Gasteiger partial charge in [0.25, 0.3) is 0 Å². The van der Waals surface area contributed by atoms with Crippen molar-refractivity contribution in [3.63, 3.8) is 0 Å². The van der Waals surface area contributed by atoms with E-state index in [2.05, 4.69) is 25.9 Å². The molecule has 5 unspecified atom stereocenters. The minimum absolute atomic E-state index is 0.117. The Morgan fingerprint density at radius 3 is 2.23 bits per heavy atom. The van der Waals surface area contributed by atoms with Crippen molar-refractivity contribution in [2.75, 3.05) is 6.54 Å². The van der Waals surface area contributed by atoms with Gasteiger partial charge in [-0.05, 0) is 43.7 Å². The average molecular weight is 561 g/mol. The van der Waals surface area contributed by atoms with E-state index in [1.807, 2.05) is 24.3 Å². The van der Waals surface area contributed by atoms with Crippen LogP contribution in [-0.2, 0) is 25.6 Å². The highest BCUT2D eigenvalue weighted by atomic mass is 16.4. The first-order valence-corrected chi connectivity index (χ1v) is 13.0. The molecule has 1 heterocycles. The number of aliphatic hydroxyl groups excluding tert-OH is 1. The van der Waals surface area contributed by atoms with Crippen molar-refractivity contribution in [1.29, 1.82) is 0 Å². The zero-order chi connectivity index (χ0) is 30.0. The summed E-state index contributed by atoms with van der Waals surface area (Å²) in [5.41, 5.74) is 18.7. The molecule has 2 rings (SSSR count). The van der Waals surface area contributed by atoms with Crippen LogP contribution in [0.5, 0.6) is 0 Å². The minimum atomic E-state index is -1.57. The molecule has 0 spiro atoms. The number of rotatable bonds is 15. The lowest BCUT2D eigenvalue weighted by Gasteiger charge is -2.27. The number of carboxylic acids is 1. The van der Waals surface area contributed by atoms with Crippen molar-refractivity contribution < 1.29 is 29.4 Å². The van der Waals surface area contributed by atoms with Gasteiger partial charge in [-0.25, -0.2) is 4.79 Å². The van der Waals surface area contributed by atoms with Gasteiger partial charge in [0.15, 0.2) is 12.0 Å². The van der Waals surface area contributed by atoms with Crippen molar-refractivity contribution in [1.82, 2.24) is 20.9 Å². The Kier molecular flexibility index (Phi) is 11.9. The summed E-state index contributed by atoms with van der Waals surface area (Å²) in [6.45, 7) is 4.74. The van der Waals surface area contributed by atoms with E-state index in [0.717, 1.165) is 16.5 Å². The van der Waals surface area contributed by atoms with Gasteiger partial charge in [0.1, 0.15) is 12.1 Å². The Labute approximate surface area is 232 Å². The normalized spacial score (nSPS) is 14.9. The molecule has 14 heteroatoms. The van der Waals surface area contributed by atoms with E-state index < -0.39 is 59.9 Å². The zero-order valence-electron chi connectivity index (χ0n) is 22.9. The summed E-state index contributed by atoms with van der Waals surface area (Å²) >= 11 is 0. The van der Waals surface area contributed by atoms with Gasteiger partial charge in [0.2, 0.25) is 17.7 Å². The van der Waals surface area contributed by atoms with E-state index in [1.54, 1.807) is 20.0 Å².